The molecule has 3 heterocycles. The van der Waals surface area contributed by atoms with E-state index in [2.05, 4.69) is 24.7 Å². The molecule has 0 N–H and O–H groups in total. The summed E-state index contributed by atoms with van der Waals surface area (Å²) in [5.41, 5.74) is 2.72. The van der Waals surface area contributed by atoms with Crippen molar-refractivity contribution in [1.29, 1.82) is 0 Å². The van der Waals surface area contributed by atoms with E-state index < -0.39 is 0 Å². The molecule has 110 valence electrons. The number of hydrogen-bond donors (Lipinski definition) is 0. The Morgan fingerprint density at radius 3 is 2.76 bits per heavy atom. The average Bonchev–Trinajstić information content (AvgIpc) is 3.00. The fourth-order valence-electron chi connectivity index (χ4n) is 2.38. The van der Waals surface area contributed by atoms with E-state index in [0.29, 0.717) is 0 Å². The number of rotatable bonds is 4. The van der Waals surface area contributed by atoms with Crippen molar-refractivity contribution in [3.8, 4) is 0 Å². The van der Waals surface area contributed by atoms with Crippen molar-refractivity contribution in [1.82, 2.24) is 29.3 Å². The van der Waals surface area contributed by atoms with Crippen LogP contribution in [0.3, 0.4) is 0 Å². The van der Waals surface area contributed by atoms with Gasteiger partial charge in [-0.2, -0.15) is 0 Å². The third-order valence-corrected chi connectivity index (χ3v) is 3.68. The second-order valence-corrected chi connectivity index (χ2v) is 5.80. The third kappa shape index (κ3) is 2.63. The van der Waals surface area contributed by atoms with E-state index in [9.17, 15) is 0 Å². The molecule has 21 heavy (non-hydrogen) atoms. The van der Waals surface area contributed by atoms with Gasteiger partial charge in [0.25, 0.3) is 0 Å². The molecule has 3 aromatic rings. The van der Waals surface area contributed by atoms with Crippen LogP contribution in [0.2, 0.25) is 0 Å². The molecule has 0 radical (unpaired) electrons. The van der Waals surface area contributed by atoms with E-state index in [-0.39, 0.29) is 5.38 Å². The Morgan fingerprint density at radius 1 is 1.29 bits per heavy atom. The maximum absolute atomic E-state index is 6.27. The van der Waals surface area contributed by atoms with Crippen molar-refractivity contribution >= 4 is 22.8 Å². The van der Waals surface area contributed by atoms with E-state index in [4.69, 9.17) is 11.6 Å². The van der Waals surface area contributed by atoms with Crippen LogP contribution in [0.25, 0.3) is 11.2 Å². The first-order chi connectivity index (χ1) is 10.1. The molecule has 0 aliphatic rings. The summed E-state index contributed by atoms with van der Waals surface area (Å²) in [7, 11) is 1.94. The first kappa shape index (κ1) is 14.0. The van der Waals surface area contributed by atoms with Crippen molar-refractivity contribution in [2.45, 2.75) is 32.2 Å². The Labute approximate surface area is 127 Å². The number of fused-ring (bicyclic) bond motifs is 1. The topological polar surface area (TPSA) is 61.4 Å². The van der Waals surface area contributed by atoms with Crippen molar-refractivity contribution in [3.63, 3.8) is 0 Å². The molecule has 0 aliphatic carbocycles. The number of nitrogens with zero attached hydrogens (tertiary/aromatic N) is 6. The number of hydrogen-bond acceptors (Lipinski definition) is 4. The lowest BCUT2D eigenvalue weighted by atomic mass is 10.3. The molecule has 1 unspecified atom stereocenters. The van der Waals surface area contributed by atoms with Gasteiger partial charge >= 0.3 is 0 Å². The van der Waals surface area contributed by atoms with Gasteiger partial charge in [-0.05, 0) is 26.0 Å². The summed E-state index contributed by atoms with van der Waals surface area (Å²) in [4.78, 5) is 9.20. The third-order valence-electron chi connectivity index (χ3n) is 3.48. The molecular formula is C14H17ClN6. The fourth-order valence-corrected chi connectivity index (χ4v) is 2.55. The number of halogens is 1. The van der Waals surface area contributed by atoms with Crippen LogP contribution in [0.5, 0.6) is 0 Å². The van der Waals surface area contributed by atoms with Crippen LogP contribution in [-0.2, 0) is 20.0 Å². The molecule has 0 fully saturated rings. The molecule has 0 spiro atoms. The molecule has 3 aromatic heterocycles. The normalized spacial score (nSPS) is 13.0. The van der Waals surface area contributed by atoms with Crippen LogP contribution in [0.1, 0.15) is 29.6 Å². The van der Waals surface area contributed by atoms with Crippen LogP contribution in [0.15, 0.2) is 18.5 Å². The number of aromatic nitrogens is 6. The van der Waals surface area contributed by atoms with Crippen molar-refractivity contribution < 1.29 is 0 Å². The molecule has 7 heteroatoms. The van der Waals surface area contributed by atoms with Gasteiger partial charge in [-0.15, -0.1) is 21.8 Å². The summed E-state index contributed by atoms with van der Waals surface area (Å²) in [5.74, 6) is 1.77. The molecular weight excluding hydrogens is 288 g/mol. The predicted molar refractivity (Wildman–Crippen MR) is 81.2 cm³/mol. The van der Waals surface area contributed by atoms with Gasteiger partial charge in [0.2, 0.25) is 0 Å². The Bertz CT molecular complexity index is 773. The SMILES string of the molecule is Cc1ccc2nc(C(C)Cl)n(CCc3nncn3C)c2n1. The van der Waals surface area contributed by atoms with Gasteiger partial charge in [0.15, 0.2) is 5.65 Å². The molecule has 0 saturated carbocycles. The largest absolute Gasteiger partial charge is 0.321 e. The highest BCUT2D eigenvalue weighted by atomic mass is 35.5. The van der Waals surface area contributed by atoms with Gasteiger partial charge in [-0.3, -0.25) is 0 Å². The fraction of sp³-hybridized carbons (Fsp3) is 0.429. The lowest BCUT2D eigenvalue weighted by Gasteiger charge is -2.09. The lowest BCUT2D eigenvalue weighted by molar-refractivity contribution is 0.628. The van der Waals surface area contributed by atoms with Crippen molar-refractivity contribution in [2.75, 3.05) is 0 Å². The molecule has 0 bridgehead atoms. The molecule has 0 aliphatic heterocycles. The monoisotopic (exact) mass is 304 g/mol. The summed E-state index contributed by atoms with van der Waals surface area (Å²) in [6, 6.07) is 3.95. The number of aryl methyl sites for hydroxylation is 4. The zero-order chi connectivity index (χ0) is 15.0. The molecule has 3 rings (SSSR count). The van der Waals surface area contributed by atoms with Crippen LogP contribution < -0.4 is 0 Å². The highest BCUT2D eigenvalue weighted by Gasteiger charge is 2.16. The first-order valence-electron chi connectivity index (χ1n) is 6.87. The Balaban J connectivity index is 2.00. The minimum absolute atomic E-state index is 0.168. The number of imidazole rings is 1. The van der Waals surface area contributed by atoms with Gasteiger partial charge in [0.05, 0.1) is 5.38 Å². The predicted octanol–water partition coefficient (Wildman–Crippen LogP) is 2.41. The van der Waals surface area contributed by atoms with Gasteiger partial charge in [-0.1, -0.05) is 0 Å². The highest BCUT2D eigenvalue weighted by molar-refractivity contribution is 6.20. The van der Waals surface area contributed by atoms with E-state index in [1.807, 2.05) is 37.6 Å². The second kappa shape index (κ2) is 5.44. The second-order valence-electron chi connectivity index (χ2n) is 5.14. The smallest absolute Gasteiger partial charge is 0.160 e. The minimum Gasteiger partial charge on any atom is -0.321 e. The lowest BCUT2D eigenvalue weighted by Crippen LogP contribution is -2.10. The van der Waals surface area contributed by atoms with Crippen molar-refractivity contribution in [3.05, 3.63) is 35.8 Å². The van der Waals surface area contributed by atoms with Crippen molar-refractivity contribution in [2.24, 2.45) is 7.05 Å². The maximum atomic E-state index is 6.27. The van der Waals surface area contributed by atoms with E-state index >= 15 is 0 Å². The van der Waals surface area contributed by atoms with Crippen LogP contribution in [-0.4, -0.2) is 29.3 Å². The van der Waals surface area contributed by atoms with E-state index in [0.717, 1.165) is 41.5 Å². The van der Waals surface area contributed by atoms with Gasteiger partial charge in [0.1, 0.15) is 23.5 Å². The van der Waals surface area contributed by atoms with Crippen LogP contribution in [0.4, 0.5) is 0 Å². The molecule has 6 nitrogen and oxygen atoms in total. The molecule has 0 saturated heterocycles. The molecule has 0 aromatic carbocycles. The highest BCUT2D eigenvalue weighted by Crippen LogP contribution is 2.24. The maximum Gasteiger partial charge on any atom is 0.160 e. The minimum atomic E-state index is -0.168. The summed E-state index contributed by atoms with van der Waals surface area (Å²) in [6.07, 6.45) is 2.46. The van der Waals surface area contributed by atoms with Gasteiger partial charge < -0.3 is 9.13 Å². The number of alkyl halides is 1. The Kier molecular flexibility index (Phi) is 3.63. The zero-order valence-electron chi connectivity index (χ0n) is 12.3. The van der Waals surface area contributed by atoms with E-state index in [1.165, 1.54) is 0 Å². The average molecular weight is 305 g/mol. The summed E-state index contributed by atoms with van der Waals surface area (Å²) >= 11 is 6.27. The standard InChI is InChI=1S/C14H17ClN6/c1-9-4-5-11-14(17-9)21(13(18-11)10(2)15)7-6-12-19-16-8-20(12)3/h4-5,8,10H,6-7H2,1-3H3. The molecule has 1 atom stereocenters. The summed E-state index contributed by atoms with van der Waals surface area (Å²) in [5, 5.41) is 7.85. The van der Waals surface area contributed by atoms with Gasteiger partial charge in [-0.25, -0.2) is 9.97 Å². The van der Waals surface area contributed by atoms with Gasteiger partial charge in [0, 0.05) is 25.7 Å². The number of pyridine rings is 1. The summed E-state index contributed by atoms with van der Waals surface area (Å²) < 4.78 is 4.00. The van der Waals surface area contributed by atoms with E-state index in [1.54, 1.807) is 6.33 Å². The van der Waals surface area contributed by atoms with Crippen LogP contribution in [0, 0.1) is 6.92 Å². The Hall–Kier alpha value is -1.95. The van der Waals surface area contributed by atoms with Crippen LogP contribution >= 0.6 is 11.6 Å². The molecule has 0 amide bonds. The first-order valence-corrected chi connectivity index (χ1v) is 7.30. The summed E-state index contributed by atoms with van der Waals surface area (Å²) in [6.45, 7) is 4.63. The quantitative estimate of drug-likeness (QED) is 0.694. The zero-order valence-corrected chi connectivity index (χ0v) is 13.0. The Morgan fingerprint density at radius 2 is 2.10 bits per heavy atom.